The van der Waals surface area contributed by atoms with Crippen LogP contribution >= 0.6 is 0 Å². The Morgan fingerprint density at radius 2 is 1.95 bits per heavy atom. The zero-order valence-corrected chi connectivity index (χ0v) is 13.0. The van der Waals surface area contributed by atoms with Gasteiger partial charge in [-0.2, -0.15) is 0 Å². The van der Waals surface area contributed by atoms with Crippen LogP contribution in [0.3, 0.4) is 0 Å². The highest BCUT2D eigenvalue weighted by Crippen LogP contribution is 2.16. The Kier molecular flexibility index (Phi) is 8.80. The van der Waals surface area contributed by atoms with Crippen LogP contribution in [0.15, 0.2) is 23.4 Å². The Labute approximate surface area is 126 Å². The summed E-state index contributed by atoms with van der Waals surface area (Å²) in [7, 11) is 0. The molecule has 0 fully saturated rings. The number of unbranched alkanes of at least 4 members (excludes halogenated alkanes) is 3. The van der Waals surface area contributed by atoms with Crippen molar-refractivity contribution in [2.24, 2.45) is 5.11 Å². The van der Waals surface area contributed by atoms with Gasteiger partial charge in [0.25, 0.3) is 0 Å². The Morgan fingerprint density at radius 3 is 2.57 bits per heavy atom. The summed E-state index contributed by atoms with van der Waals surface area (Å²) >= 11 is 0. The average Bonchev–Trinajstić information content (AvgIpc) is 2.52. The molecule has 0 saturated heterocycles. The van der Waals surface area contributed by atoms with Gasteiger partial charge in [-0.15, -0.1) is 0 Å². The molecular formula is C15H25N5O. The van der Waals surface area contributed by atoms with Crippen molar-refractivity contribution in [3.8, 4) is 5.75 Å². The van der Waals surface area contributed by atoms with E-state index in [4.69, 9.17) is 10.3 Å². The third kappa shape index (κ3) is 6.86. The summed E-state index contributed by atoms with van der Waals surface area (Å²) < 4.78 is 5.67. The second-order valence-electron chi connectivity index (χ2n) is 4.74. The zero-order valence-electron chi connectivity index (χ0n) is 13.0. The van der Waals surface area contributed by atoms with E-state index in [0.717, 1.165) is 50.3 Å². The first-order valence-corrected chi connectivity index (χ1v) is 7.66. The molecule has 6 nitrogen and oxygen atoms in total. The highest BCUT2D eigenvalue weighted by molar-refractivity contribution is 5.40. The average molecular weight is 291 g/mol. The third-order valence-corrected chi connectivity index (χ3v) is 3.29. The number of azide groups is 1. The zero-order chi connectivity index (χ0) is 15.3. The fraction of sp³-hybridized carbons (Fsp3) is 0.667. The summed E-state index contributed by atoms with van der Waals surface area (Å²) in [5, 5.41) is 3.51. The van der Waals surface area contributed by atoms with Crippen LogP contribution in [0.2, 0.25) is 0 Å². The molecule has 0 bridgehead atoms. The molecule has 0 spiro atoms. The summed E-state index contributed by atoms with van der Waals surface area (Å²) in [6.45, 7) is 7.45. The van der Waals surface area contributed by atoms with Gasteiger partial charge in [0.1, 0.15) is 11.6 Å². The maximum Gasteiger partial charge on any atom is 0.137 e. The monoisotopic (exact) mass is 291 g/mol. The quantitative estimate of drug-likeness (QED) is 0.266. The van der Waals surface area contributed by atoms with Gasteiger partial charge in [-0.1, -0.05) is 18.0 Å². The molecule has 0 saturated carbocycles. The Hall–Kier alpha value is -1.94. The lowest BCUT2D eigenvalue weighted by atomic mass is 10.2. The lowest BCUT2D eigenvalue weighted by Crippen LogP contribution is -2.22. The lowest BCUT2D eigenvalue weighted by Gasteiger charge is -2.19. The molecule has 116 valence electrons. The number of aromatic nitrogens is 1. The first kappa shape index (κ1) is 17.1. The van der Waals surface area contributed by atoms with Crippen molar-refractivity contribution in [3.63, 3.8) is 0 Å². The Balaban J connectivity index is 2.19. The van der Waals surface area contributed by atoms with E-state index in [1.807, 2.05) is 12.1 Å². The van der Waals surface area contributed by atoms with Crippen LogP contribution in [0.5, 0.6) is 5.75 Å². The minimum atomic E-state index is 0.591. The first-order chi connectivity index (χ1) is 10.3. The molecular weight excluding hydrogens is 266 g/mol. The number of hydrogen-bond acceptors (Lipinski definition) is 4. The predicted octanol–water partition coefficient (Wildman–Crippen LogP) is 4.18. The standard InChI is InChI=1S/C15H25N5O/c1-3-20(4-2)15-10-9-14(13-17-15)21-12-8-6-5-7-11-18-19-16/h9-10,13H,3-8,11-12H2,1-2H3. The van der Waals surface area contributed by atoms with E-state index in [1.165, 1.54) is 0 Å². The normalized spacial score (nSPS) is 10.0. The molecule has 0 aromatic carbocycles. The van der Waals surface area contributed by atoms with E-state index in [-0.39, 0.29) is 0 Å². The number of anilines is 1. The van der Waals surface area contributed by atoms with Crippen molar-refractivity contribution in [2.75, 3.05) is 31.1 Å². The first-order valence-electron chi connectivity index (χ1n) is 7.66. The molecule has 0 radical (unpaired) electrons. The topological polar surface area (TPSA) is 74.1 Å². The highest BCUT2D eigenvalue weighted by Gasteiger charge is 2.03. The number of pyridine rings is 1. The molecule has 0 amide bonds. The number of hydrogen-bond donors (Lipinski definition) is 0. The van der Waals surface area contributed by atoms with Crippen LogP contribution in [0.25, 0.3) is 10.4 Å². The van der Waals surface area contributed by atoms with Gasteiger partial charge in [-0.3, -0.25) is 0 Å². The maximum absolute atomic E-state index is 8.15. The summed E-state index contributed by atoms with van der Waals surface area (Å²) in [5.41, 5.74) is 8.15. The fourth-order valence-corrected chi connectivity index (χ4v) is 2.07. The van der Waals surface area contributed by atoms with Gasteiger partial charge < -0.3 is 9.64 Å². The second kappa shape index (κ2) is 10.8. The van der Waals surface area contributed by atoms with Crippen LogP contribution in [-0.2, 0) is 0 Å². The van der Waals surface area contributed by atoms with Crippen molar-refractivity contribution in [1.82, 2.24) is 4.98 Å². The van der Waals surface area contributed by atoms with Gasteiger partial charge in [0, 0.05) is 24.5 Å². The summed E-state index contributed by atoms with van der Waals surface area (Å²) in [5.74, 6) is 1.81. The van der Waals surface area contributed by atoms with E-state index in [1.54, 1.807) is 6.20 Å². The van der Waals surface area contributed by atoms with Gasteiger partial charge in [0.15, 0.2) is 0 Å². The van der Waals surface area contributed by atoms with Crippen LogP contribution in [0.4, 0.5) is 5.82 Å². The predicted molar refractivity (Wildman–Crippen MR) is 85.8 cm³/mol. The molecule has 0 aliphatic rings. The highest BCUT2D eigenvalue weighted by atomic mass is 16.5. The van der Waals surface area contributed by atoms with Crippen LogP contribution in [0, 0.1) is 0 Å². The van der Waals surface area contributed by atoms with Crippen molar-refractivity contribution < 1.29 is 4.74 Å². The van der Waals surface area contributed by atoms with E-state index >= 15 is 0 Å². The number of ether oxygens (including phenoxy) is 1. The molecule has 21 heavy (non-hydrogen) atoms. The second-order valence-corrected chi connectivity index (χ2v) is 4.74. The molecule has 0 atom stereocenters. The molecule has 0 unspecified atom stereocenters. The van der Waals surface area contributed by atoms with Crippen LogP contribution in [0.1, 0.15) is 39.5 Å². The van der Waals surface area contributed by atoms with E-state index in [0.29, 0.717) is 13.2 Å². The van der Waals surface area contributed by atoms with E-state index in [2.05, 4.69) is 33.8 Å². The summed E-state index contributed by atoms with van der Waals surface area (Å²) in [4.78, 5) is 9.36. The van der Waals surface area contributed by atoms with E-state index < -0.39 is 0 Å². The molecule has 1 aromatic heterocycles. The van der Waals surface area contributed by atoms with Gasteiger partial charge >= 0.3 is 0 Å². The van der Waals surface area contributed by atoms with Crippen molar-refractivity contribution >= 4 is 5.82 Å². The largest absolute Gasteiger partial charge is 0.492 e. The summed E-state index contributed by atoms with van der Waals surface area (Å²) in [6.07, 6.45) is 5.90. The van der Waals surface area contributed by atoms with E-state index in [9.17, 15) is 0 Å². The number of rotatable bonds is 11. The SMILES string of the molecule is CCN(CC)c1ccc(OCCCCCCN=[N+]=[N-])cn1. The van der Waals surface area contributed by atoms with Crippen LogP contribution in [-0.4, -0.2) is 31.2 Å². The lowest BCUT2D eigenvalue weighted by molar-refractivity contribution is 0.303. The third-order valence-electron chi connectivity index (χ3n) is 3.29. The van der Waals surface area contributed by atoms with Crippen molar-refractivity contribution in [2.45, 2.75) is 39.5 Å². The van der Waals surface area contributed by atoms with Crippen molar-refractivity contribution in [1.29, 1.82) is 0 Å². The molecule has 0 N–H and O–H groups in total. The minimum Gasteiger partial charge on any atom is -0.492 e. The maximum atomic E-state index is 8.15. The fourth-order valence-electron chi connectivity index (χ4n) is 2.07. The van der Waals surface area contributed by atoms with Crippen molar-refractivity contribution in [3.05, 3.63) is 28.8 Å². The Bertz CT molecular complexity index is 424. The molecule has 1 rings (SSSR count). The molecule has 0 aliphatic carbocycles. The van der Waals surface area contributed by atoms with Gasteiger partial charge in [0.05, 0.1) is 12.8 Å². The number of nitrogens with zero attached hydrogens (tertiary/aromatic N) is 5. The molecule has 0 aliphatic heterocycles. The van der Waals surface area contributed by atoms with Gasteiger partial charge in [-0.25, -0.2) is 4.98 Å². The van der Waals surface area contributed by atoms with Crippen LogP contribution < -0.4 is 9.64 Å². The Morgan fingerprint density at radius 1 is 1.19 bits per heavy atom. The van der Waals surface area contributed by atoms with Gasteiger partial charge in [0.2, 0.25) is 0 Å². The summed E-state index contributed by atoms with van der Waals surface area (Å²) in [6, 6.07) is 3.98. The molecule has 1 heterocycles. The minimum absolute atomic E-state index is 0.591. The molecule has 6 heteroatoms. The molecule has 1 aromatic rings. The smallest absolute Gasteiger partial charge is 0.137 e. The van der Waals surface area contributed by atoms with Gasteiger partial charge in [-0.05, 0) is 44.4 Å².